The van der Waals surface area contributed by atoms with Gasteiger partial charge >= 0.3 is 17.1 Å². The summed E-state index contributed by atoms with van der Waals surface area (Å²) < 4.78 is 19.8. The molecule has 0 aliphatic carbocycles. The Labute approximate surface area is 603 Å². The number of allylic oxidation sites excluding steroid dienone is 2. The SMILES string of the molecule is C1=Cc2nc1c(-c1ccccc1)c1ccc([nH]1)c(-c1ccccc1)c1nc(c(-c3ccccc3)c3ccc([nH]3)c2-c2ccccc2)C=C1.C1CCOC1.C1CCOC1.C1CCOC1.C1CCOC1.N#CC(=S)C([S-])=C=[N-].N#CC(=S)C([S-])=C=[N-].[Cu].[Fe+3].c1c[nH]cn1.c1c[nH]cn1. The molecule has 16 nitrogen and oxygen atoms in total. The fourth-order valence-electron chi connectivity index (χ4n) is 9.51. The summed E-state index contributed by atoms with van der Waals surface area (Å²) in [6.45, 7) is 8.00. The number of hydrogen-bond acceptors (Lipinski definition) is 14. The molecule has 0 atom stereocenters. The fourth-order valence-corrected chi connectivity index (χ4v) is 9.70. The van der Waals surface area contributed by atoms with Crippen LogP contribution in [0.4, 0.5) is 0 Å². The van der Waals surface area contributed by atoms with Gasteiger partial charge in [0, 0.05) is 139 Å². The van der Waals surface area contributed by atoms with Crippen molar-refractivity contribution in [1.29, 1.82) is 10.5 Å². The Morgan fingerprint density at radius 3 is 0.792 bits per heavy atom. The fraction of sp³-hybridized carbons (Fsp3) is 0.216. The molecule has 15 rings (SSSR count). The second kappa shape index (κ2) is 45.6. The van der Waals surface area contributed by atoms with E-state index in [0.717, 1.165) is 142 Å². The van der Waals surface area contributed by atoms with Crippen molar-refractivity contribution >= 4 is 118 Å². The number of fused-ring (bicyclic) bond motifs is 8. The summed E-state index contributed by atoms with van der Waals surface area (Å²) in [6, 6.07) is 53.8. The van der Waals surface area contributed by atoms with E-state index in [1.807, 2.05) is 24.3 Å². The summed E-state index contributed by atoms with van der Waals surface area (Å²) in [5, 5.41) is 32.0. The van der Waals surface area contributed by atoms with Gasteiger partial charge in [0.1, 0.15) is 21.9 Å². The molecule has 4 saturated heterocycles. The van der Waals surface area contributed by atoms with Gasteiger partial charge in [0.25, 0.3) is 0 Å². The molecule has 4 aromatic carbocycles. The quantitative estimate of drug-likeness (QED) is 0.0398. The summed E-state index contributed by atoms with van der Waals surface area (Å²) in [4.78, 5) is 30.7. The van der Waals surface area contributed by atoms with Crippen molar-refractivity contribution in [3.8, 4) is 56.6 Å². The van der Waals surface area contributed by atoms with Crippen molar-refractivity contribution in [2.24, 2.45) is 0 Å². The number of hydrogen-bond donors (Lipinski definition) is 4. The van der Waals surface area contributed by atoms with Crippen molar-refractivity contribution in [3.05, 3.63) is 226 Å². The van der Waals surface area contributed by atoms with E-state index in [9.17, 15) is 0 Å². The van der Waals surface area contributed by atoms with E-state index < -0.39 is 0 Å². The average Bonchev–Trinajstić information content (AvgIpc) is 1.61. The third-order valence-electron chi connectivity index (χ3n) is 13.9. The summed E-state index contributed by atoms with van der Waals surface area (Å²) in [7, 11) is 0. The Balaban J connectivity index is 0.000000276. The van der Waals surface area contributed by atoms with Gasteiger partial charge in [-0.2, -0.15) is 10.5 Å². The molecule has 0 spiro atoms. The number of nitrogens with one attached hydrogen (secondary N) is 4. The number of thiocarbonyl (C=S) groups is 2. The topological polar surface area (TPSA) is 244 Å². The molecular weight excluding hydrogens is 1370 g/mol. The van der Waals surface area contributed by atoms with E-state index in [1.54, 1.807) is 61.3 Å². The molecule has 6 aliphatic rings. The zero-order valence-electron chi connectivity index (χ0n) is 52.4. The number of benzene rings is 4. The normalized spacial score (nSPS) is 12.9. The summed E-state index contributed by atoms with van der Waals surface area (Å²) >= 11 is 17.4. The van der Waals surface area contributed by atoms with Gasteiger partial charge in [-0.1, -0.05) is 146 Å². The maximum atomic E-state index is 8.01. The van der Waals surface area contributed by atoms with Gasteiger partial charge in [-0.15, -0.1) is 9.81 Å². The van der Waals surface area contributed by atoms with E-state index >= 15 is 0 Å². The van der Waals surface area contributed by atoms with Crippen LogP contribution in [0.1, 0.15) is 74.1 Å². The van der Waals surface area contributed by atoms with Crippen LogP contribution in [-0.2, 0) is 78.3 Å². The number of imidazole rings is 2. The Morgan fingerprint density at radius 1 is 0.406 bits per heavy atom. The van der Waals surface area contributed by atoms with Gasteiger partial charge < -0.3 is 75.0 Å². The molecule has 0 saturated carbocycles. The maximum absolute atomic E-state index is 8.01. The van der Waals surface area contributed by atoms with Crippen LogP contribution < -0.4 is 0 Å². The first-order valence-corrected chi connectivity index (χ1v) is 32.2. The summed E-state index contributed by atoms with van der Waals surface area (Å²) in [5.74, 6) is 3.17. The summed E-state index contributed by atoms with van der Waals surface area (Å²) in [6.07, 6.45) is 28.9. The van der Waals surface area contributed by atoms with Gasteiger partial charge in [-0.25, -0.2) is 19.9 Å². The number of nitriles is 2. The van der Waals surface area contributed by atoms with E-state index in [0.29, 0.717) is 0 Å². The Bertz CT molecular complexity index is 3680. The van der Waals surface area contributed by atoms with E-state index in [2.05, 4.69) is 225 Å². The zero-order chi connectivity index (χ0) is 66.2. The monoisotopic (exact) mass is 1440 g/mol. The minimum absolute atomic E-state index is 0. The van der Waals surface area contributed by atoms with Crippen LogP contribution in [-0.4, -0.2) is 114 Å². The smallest absolute Gasteiger partial charge is 0.771 e. The van der Waals surface area contributed by atoms with Gasteiger partial charge in [-0.3, -0.25) is 11.7 Å². The predicted octanol–water partition coefficient (Wildman–Crippen LogP) is 16.4. The van der Waals surface area contributed by atoms with Crippen LogP contribution in [0, 0.1) is 22.7 Å². The third kappa shape index (κ3) is 25.8. The van der Waals surface area contributed by atoms with Crippen molar-refractivity contribution in [1.82, 2.24) is 39.9 Å². The molecule has 5 aromatic heterocycles. The Morgan fingerprint density at radius 2 is 0.646 bits per heavy atom. The van der Waals surface area contributed by atoms with Crippen LogP contribution in [0.5, 0.6) is 0 Å². The molecule has 4 N–H and O–H groups in total. The molecule has 2 radical (unpaired) electrons. The first-order chi connectivity index (χ1) is 46.2. The second-order valence-corrected chi connectivity index (χ2v) is 22.2. The molecule has 4 fully saturated rings. The van der Waals surface area contributed by atoms with Crippen LogP contribution >= 0.6 is 24.4 Å². The number of aromatic amines is 4. The van der Waals surface area contributed by atoms with Crippen molar-refractivity contribution in [2.45, 2.75) is 51.4 Å². The molecule has 11 heterocycles. The Kier molecular flexibility index (Phi) is 37.1. The van der Waals surface area contributed by atoms with Gasteiger partial charge in [0.15, 0.2) is 0 Å². The second-order valence-electron chi connectivity index (χ2n) is 20.5. The molecule has 494 valence electrons. The molecule has 0 unspecified atom stereocenters. The van der Waals surface area contributed by atoms with Crippen molar-refractivity contribution < 1.29 is 53.1 Å². The first-order valence-electron chi connectivity index (χ1n) is 30.6. The van der Waals surface area contributed by atoms with Crippen LogP contribution in [0.2, 0.25) is 0 Å². The van der Waals surface area contributed by atoms with Crippen LogP contribution in [0.15, 0.2) is 193 Å². The minimum Gasteiger partial charge on any atom is -0.771 e. The third-order valence-corrected chi connectivity index (χ3v) is 15.4. The maximum Gasteiger partial charge on any atom is 3.00 e. The molecular formula is C74H70CuFeN12O4S4-. The molecule has 0 amide bonds. The van der Waals surface area contributed by atoms with E-state index in [-0.39, 0.29) is 53.7 Å². The summed E-state index contributed by atoms with van der Waals surface area (Å²) in [5.41, 5.74) is 16.2. The van der Waals surface area contributed by atoms with Crippen LogP contribution in [0.25, 0.3) is 102 Å². The van der Waals surface area contributed by atoms with Crippen LogP contribution in [0.3, 0.4) is 0 Å². The molecule has 96 heavy (non-hydrogen) atoms. The molecule has 8 bridgehead atoms. The predicted molar refractivity (Wildman–Crippen MR) is 393 cm³/mol. The standard InChI is InChI=1S/C44H30N4.2C4HN2S2.4C4H8O.2C3H4N2.Cu.Fe/c1-5-13-29(14-6-1)41-33-21-23-35(45-33)42(30-15-7-2-8-16-30)37-25-27-39(47-37)44(32-19-11-4-12-20-32)40-28-26-38(48-40)43(31-17-9-3-10-18-31)36-24-22-34(41)46-36;2*5-1-3(7)4(8)2-6;4*1-2-4-5-3-1;2*1-2-5-3-4-1;;/h1-28,45,48H;2*7H;4*1-4H2;2*1-3H,(H,4,5);;/q;2*-1;;;;;;;;+3/p-2. The number of ether oxygens (including phenoxy) is 4. The average molecular weight is 1440 g/mol. The molecule has 9 aromatic rings. The van der Waals surface area contributed by atoms with E-state index in [1.165, 1.54) is 51.4 Å². The Hall–Kier alpha value is -8.72. The number of nitrogens with zero attached hydrogens (tertiary/aromatic N) is 8. The molecule has 6 aliphatic heterocycles. The molecule has 22 heteroatoms. The number of rotatable bonds is 6. The van der Waals surface area contributed by atoms with Gasteiger partial charge in [-0.05, 0) is 122 Å². The minimum atomic E-state index is -0.109. The van der Waals surface area contributed by atoms with Crippen molar-refractivity contribution in [2.75, 3.05) is 52.9 Å². The first kappa shape index (κ1) is 78.0. The van der Waals surface area contributed by atoms with E-state index in [4.69, 9.17) is 50.3 Å². The van der Waals surface area contributed by atoms with Gasteiger partial charge in [0.05, 0.1) is 35.4 Å². The number of H-pyrrole nitrogens is 4. The van der Waals surface area contributed by atoms with Gasteiger partial charge in [0.2, 0.25) is 0 Å². The van der Waals surface area contributed by atoms with Crippen molar-refractivity contribution in [3.63, 3.8) is 0 Å². The zero-order valence-corrected chi connectivity index (χ0v) is 57.8. The number of aromatic nitrogens is 8. The largest absolute Gasteiger partial charge is 3.00 e.